The summed E-state index contributed by atoms with van der Waals surface area (Å²) in [4.78, 5) is -0.198. The molecule has 78 valence electrons. The Balaban J connectivity index is 3.44. The van der Waals surface area contributed by atoms with E-state index in [-0.39, 0.29) is 10.6 Å². The number of nitrogens with two attached hydrogens (primary N) is 1. The molecule has 0 bridgehead atoms. The van der Waals surface area contributed by atoms with Gasteiger partial charge in [0.1, 0.15) is 5.75 Å². The van der Waals surface area contributed by atoms with E-state index in [0.29, 0.717) is 11.3 Å². The maximum absolute atomic E-state index is 10.9. The lowest BCUT2D eigenvalue weighted by molar-refractivity contribution is 0.416. The van der Waals surface area contributed by atoms with E-state index in [4.69, 9.17) is 15.0 Å². The van der Waals surface area contributed by atoms with Gasteiger partial charge in [-0.1, -0.05) is 0 Å². The van der Waals surface area contributed by atoms with E-state index in [1.54, 1.807) is 6.92 Å². The quantitative estimate of drug-likeness (QED) is 0.565. The third-order valence-corrected chi connectivity index (χ3v) is 2.80. The Labute approximate surface area is 82.2 Å². The van der Waals surface area contributed by atoms with Crippen LogP contribution in [0.5, 0.6) is 5.75 Å². The standard InChI is InChI=1S/C8H11NO4S/c1-5-3-7(13-2)6(9)4-8(5)14(10,11)12/h3-4H,9H2,1-2H3,(H,10,11,12). The first-order valence-corrected chi connectivity index (χ1v) is 5.22. The molecule has 0 atom stereocenters. The second kappa shape index (κ2) is 3.47. The molecule has 5 nitrogen and oxygen atoms in total. The van der Waals surface area contributed by atoms with E-state index in [9.17, 15) is 8.42 Å². The number of aryl methyl sites for hydroxylation is 1. The summed E-state index contributed by atoms with van der Waals surface area (Å²) in [6.07, 6.45) is 0. The fourth-order valence-corrected chi connectivity index (χ4v) is 1.87. The molecule has 1 rings (SSSR count). The summed E-state index contributed by atoms with van der Waals surface area (Å²) in [6.45, 7) is 1.55. The summed E-state index contributed by atoms with van der Waals surface area (Å²) in [6, 6.07) is 2.63. The third kappa shape index (κ3) is 1.97. The van der Waals surface area contributed by atoms with Crippen LogP contribution in [0, 0.1) is 6.92 Å². The second-order valence-electron chi connectivity index (χ2n) is 2.83. The molecule has 0 aliphatic rings. The highest BCUT2D eigenvalue weighted by atomic mass is 32.2. The van der Waals surface area contributed by atoms with Crippen LogP contribution in [0.4, 0.5) is 5.69 Å². The van der Waals surface area contributed by atoms with Crippen molar-refractivity contribution < 1.29 is 17.7 Å². The summed E-state index contributed by atoms with van der Waals surface area (Å²) < 4.78 is 35.5. The Bertz CT molecular complexity index is 453. The third-order valence-electron chi connectivity index (χ3n) is 1.81. The van der Waals surface area contributed by atoms with E-state index >= 15 is 0 Å². The molecule has 0 fully saturated rings. The maximum Gasteiger partial charge on any atom is 0.294 e. The van der Waals surface area contributed by atoms with E-state index < -0.39 is 10.1 Å². The van der Waals surface area contributed by atoms with Crippen LogP contribution in [0.3, 0.4) is 0 Å². The zero-order valence-corrected chi connectivity index (χ0v) is 8.63. The lowest BCUT2D eigenvalue weighted by Crippen LogP contribution is -2.03. The fraction of sp³-hybridized carbons (Fsp3) is 0.250. The Morgan fingerprint density at radius 1 is 1.43 bits per heavy atom. The van der Waals surface area contributed by atoms with Crippen molar-refractivity contribution in [3.8, 4) is 5.75 Å². The second-order valence-corrected chi connectivity index (χ2v) is 4.22. The molecular weight excluding hydrogens is 206 g/mol. The van der Waals surface area contributed by atoms with Gasteiger partial charge in [-0.25, -0.2) is 0 Å². The molecule has 0 saturated heterocycles. The Hall–Kier alpha value is -1.27. The zero-order valence-electron chi connectivity index (χ0n) is 7.81. The van der Waals surface area contributed by atoms with Gasteiger partial charge in [-0.05, 0) is 24.6 Å². The van der Waals surface area contributed by atoms with Crippen LogP contribution in [0.25, 0.3) is 0 Å². The molecule has 3 N–H and O–H groups in total. The summed E-state index contributed by atoms with van der Waals surface area (Å²) in [5.74, 6) is 0.384. The molecule has 0 radical (unpaired) electrons. The predicted molar refractivity (Wildman–Crippen MR) is 52.0 cm³/mol. The number of hydrogen-bond acceptors (Lipinski definition) is 4. The van der Waals surface area contributed by atoms with Gasteiger partial charge in [0, 0.05) is 0 Å². The number of benzene rings is 1. The summed E-state index contributed by atoms with van der Waals surface area (Å²) in [5.41, 5.74) is 6.06. The van der Waals surface area contributed by atoms with Crippen molar-refractivity contribution in [3.63, 3.8) is 0 Å². The van der Waals surface area contributed by atoms with Gasteiger partial charge >= 0.3 is 0 Å². The van der Waals surface area contributed by atoms with E-state index in [1.807, 2.05) is 0 Å². The van der Waals surface area contributed by atoms with E-state index in [2.05, 4.69) is 0 Å². The van der Waals surface area contributed by atoms with Crippen LogP contribution in [0.2, 0.25) is 0 Å². The molecule has 0 spiro atoms. The molecule has 0 heterocycles. The molecule has 6 heteroatoms. The van der Waals surface area contributed by atoms with Gasteiger partial charge < -0.3 is 10.5 Å². The maximum atomic E-state index is 10.9. The van der Waals surface area contributed by atoms with Gasteiger partial charge in [0.2, 0.25) is 0 Å². The first-order valence-electron chi connectivity index (χ1n) is 3.78. The van der Waals surface area contributed by atoms with Crippen molar-refractivity contribution >= 4 is 15.8 Å². The smallest absolute Gasteiger partial charge is 0.294 e. The molecule has 14 heavy (non-hydrogen) atoms. The van der Waals surface area contributed by atoms with E-state index in [0.717, 1.165) is 0 Å². The summed E-state index contributed by atoms with van der Waals surface area (Å²) in [5, 5.41) is 0. The Kier molecular flexibility index (Phi) is 2.68. The fourth-order valence-electron chi connectivity index (χ4n) is 1.13. The number of ether oxygens (including phenoxy) is 1. The monoisotopic (exact) mass is 217 g/mol. The normalized spacial score (nSPS) is 11.4. The number of hydrogen-bond donors (Lipinski definition) is 2. The van der Waals surface area contributed by atoms with Gasteiger partial charge in [-0.2, -0.15) is 8.42 Å². The molecular formula is C8H11NO4S. The predicted octanol–water partition coefficient (Wildman–Crippen LogP) is 0.833. The highest BCUT2D eigenvalue weighted by Gasteiger charge is 2.15. The molecule has 0 aliphatic heterocycles. The average Bonchev–Trinajstić information content (AvgIpc) is 2.06. The van der Waals surface area contributed by atoms with E-state index in [1.165, 1.54) is 19.2 Å². The molecule has 0 amide bonds. The highest BCUT2D eigenvalue weighted by molar-refractivity contribution is 7.85. The van der Waals surface area contributed by atoms with Crippen LogP contribution in [0.1, 0.15) is 5.56 Å². The number of anilines is 1. The van der Waals surface area contributed by atoms with Crippen molar-refractivity contribution in [2.45, 2.75) is 11.8 Å². The van der Waals surface area contributed by atoms with Crippen molar-refractivity contribution in [1.82, 2.24) is 0 Å². The minimum atomic E-state index is -4.22. The minimum Gasteiger partial charge on any atom is -0.495 e. The molecule has 0 saturated carbocycles. The van der Waals surface area contributed by atoms with Crippen LogP contribution in [-0.4, -0.2) is 20.1 Å². The minimum absolute atomic E-state index is 0.172. The Morgan fingerprint density at radius 3 is 2.43 bits per heavy atom. The molecule has 1 aromatic carbocycles. The molecule has 0 unspecified atom stereocenters. The van der Waals surface area contributed by atoms with Gasteiger partial charge in [-0.3, -0.25) is 4.55 Å². The highest BCUT2D eigenvalue weighted by Crippen LogP contribution is 2.27. The van der Waals surface area contributed by atoms with Crippen LogP contribution in [0.15, 0.2) is 17.0 Å². The van der Waals surface area contributed by atoms with Gasteiger partial charge in [0.25, 0.3) is 10.1 Å². The lowest BCUT2D eigenvalue weighted by atomic mass is 10.2. The first kappa shape index (κ1) is 10.8. The molecule has 1 aromatic rings. The summed E-state index contributed by atoms with van der Waals surface area (Å²) in [7, 11) is -2.79. The SMILES string of the molecule is COc1cc(C)c(S(=O)(=O)O)cc1N. The zero-order chi connectivity index (χ0) is 10.9. The van der Waals surface area contributed by atoms with Crippen molar-refractivity contribution in [1.29, 1.82) is 0 Å². The van der Waals surface area contributed by atoms with Crippen LogP contribution >= 0.6 is 0 Å². The number of nitrogen functional groups attached to an aromatic ring is 1. The Morgan fingerprint density at radius 2 is 2.00 bits per heavy atom. The topological polar surface area (TPSA) is 89.6 Å². The van der Waals surface area contributed by atoms with Crippen molar-refractivity contribution in [2.75, 3.05) is 12.8 Å². The van der Waals surface area contributed by atoms with Gasteiger partial charge in [0.15, 0.2) is 0 Å². The largest absolute Gasteiger partial charge is 0.495 e. The number of rotatable bonds is 2. The van der Waals surface area contributed by atoms with Crippen molar-refractivity contribution in [2.24, 2.45) is 0 Å². The van der Waals surface area contributed by atoms with Gasteiger partial charge in [0.05, 0.1) is 17.7 Å². The lowest BCUT2D eigenvalue weighted by Gasteiger charge is -2.08. The number of methoxy groups -OCH3 is 1. The first-order chi connectivity index (χ1) is 6.36. The summed E-state index contributed by atoms with van der Waals surface area (Å²) >= 11 is 0. The molecule has 0 aliphatic carbocycles. The average molecular weight is 217 g/mol. The van der Waals surface area contributed by atoms with Crippen molar-refractivity contribution in [3.05, 3.63) is 17.7 Å². The van der Waals surface area contributed by atoms with Gasteiger partial charge in [-0.15, -0.1) is 0 Å². The molecule has 0 aromatic heterocycles. The van der Waals surface area contributed by atoms with Crippen LogP contribution < -0.4 is 10.5 Å². The van der Waals surface area contributed by atoms with Crippen LogP contribution in [-0.2, 0) is 10.1 Å².